The Morgan fingerprint density at radius 3 is 2.65 bits per heavy atom. The second-order valence-corrected chi connectivity index (χ2v) is 5.71. The minimum absolute atomic E-state index is 0.00901. The molecule has 23 heavy (non-hydrogen) atoms. The number of nitrogens with one attached hydrogen (secondary N) is 3. The van der Waals surface area contributed by atoms with Crippen molar-refractivity contribution in [2.45, 2.75) is 32.1 Å². The van der Waals surface area contributed by atoms with E-state index in [4.69, 9.17) is 0 Å². The summed E-state index contributed by atoms with van der Waals surface area (Å²) in [6.45, 7) is 2.85. The number of aryl methyl sites for hydroxylation is 1. The van der Waals surface area contributed by atoms with Gasteiger partial charge >= 0.3 is 5.69 Å². The average molecular weight is 318 g/mol. The first kappa shape index (κ1) is 15.2. The standard InChI is InChI=1S/C14H18N6O3/c1-8-10(13(22)18-14(23)17-8)6-11(21)20-4-2-9(3-5-20)12-15-7-16-19-12/h7,9H,2-6H2,1H3,(H,15,16,19)(H2,17,18,22,23). The van der Waals surface area contributed by atoms with Gasteiger partial charge < -0.3 is 9.88 Å². The van der Waals surface area contributed by atoms with Crippen LogP contribution in [0.3, 0.4) is 0 Å². The number of hydrogen-bond donors (Lipinski definition) is 3. The molecule has 1 aliphatic rings. The summed E-state index contributed by atoms with van der Waals surface area (Å²) in [5.74, 6) is 1.02. The molecule has 9 nitrogen and oxygen atoms in total. The second-order valence-electron chi connectivity index (χ2n) is 5.71. The zero-order valence-electron chi connectivity index (χ0n) is 12.8. The number of rotatable bonds is 3. The number of piperidine rings is 1. The molecule has 0 aliphatic carbocycles. The molecule has 3 rings (SSSR count). The van der Waals surface area contributed by atoms with Crippen LogP contribution in [-0.4, -0.2) is 49.0 Å². The zero-order valence-corrected chi connectivity index (χ0v) is 12.8. The van der Waals surface area contributed by atoms with E-state index in [1.54, 1.807) is 11.8 Å². The van der Waals surface area contributed by atoms with Gasteiger partial charge in [0.05, 0.1) is 6.42 Å². The molecule has 0 spiro atoms. The Morgan fingerprint density at radius 1 is 1.30 bits per heavy atom. The van der Waals surface area contributed by atoms with Gasteiger partial charge in [-0.3, -0.25) is 19.7 Å². The number of amides is 1. The van der Waals surface area contributed by atoms with E-state index in [0.717, 1.165) is 18.7 Å². The van der Waals surface area contributed by atoms with E-state index < -0.39 is 11.2 Å². The summed E-state index contributed by atoms with van der Waals surface area (Å²) in [7, 11) is 0. The molecule has 0 unspecified atom stereocenters. The summed E-state index contributed by atoms with van der Waals surface area (Å²) in [6.07, 6.45) is 3.09. The van der Waals surface area contributed by atoms with Crippen LogP contribution in [0.4, 0.5) is 0 Å². The third-order valence-corrected chi connectivity index (χ3v) is 4.25. The lowest BCUT2D eigenvalue weighted by Crippen LogP contribution is -2.40. The number of hydrogen-bond acceptors (Lipinski definition) is 5. The molecule has 1 amide bonds. The summed E-state index contributed by atoms with van der Waals surface area (Å²) >= 11 is 0. The highest BCUT2D eigenvalue weighted by Gasteiger charge is 2.26. The molecule has 2 aromatic heterocycles. The molecular weight excluding hydrogens is 300 g/mol. The molecule has 1 fully saturated rings. The third-order valence-electron chi connectivity index (χ3n) is 4.25. The van der Waals surface area contributed by atoms with Gasteiger partial charge in [-0.15, -0.1) is 0 Å². The Morgan fingerprint density at radius 2 is 2.04 bits per heavy atom. The van der Waals surface area contributed by atoms with Crippen LogP contribution in [0.15, 0.2) is 15.9 Å². The van der Waals surface area contributed by atoms with Crippen molar-refractivity contribution in [2.75, 3.05) is 13.1 Å². The topological polar surface area (TPSA) is 128 Å². The lowest BCUT2D eigenvalue weighted by Gasteiger charge is -2.31. The normalized spacial score (nSPS) is 15.8. The third kappa shape index (κ3) is 3.22. The van der Waals surface area contributed by atoms with Gasteiger partial charge in [0.25, 0.3) is 5.56 Å². The number of aromatic amines is 3. The van der Waals surface area contributed by atoms with E-state index in [9.17, 15) is 14.4 Å². The Balaban J connectivity index is 1.64. The monoisotopic (exact) mass is 318 g/mol. The molecule has 0 radical (unpaired) electrons. The molecule has 0 atom stereocenters. The highest BCUT2D eigenvalue weighted by molar-refractivity contribution is 5.79. The van der Waals surface area contributed by atoms with E-state index >= 15 is 0 Å². The molecule has 3 heterocycles. The van der Waals surface area contributed by atoms with Crippen LogP contribution in [0.2, 0.25) is 0 Å². The van der Waals surface area contributed by atoms with Gasteiger partial charge in [-0.1, -0.05) is 0 Å². The first-order valence-electron chi connectivity index (χ1n) is 7.49. The van der Waals surface area contributed by atoms with Crippen molar-refractivity contribution in [1.82, 2.24) is 30.0 Å². The summed E-state index contributed by atoms with van der Waals surface area (Å²) in [6, 6.07) is 0. The molecule has 2 aromatic rings. The first-order valence-corrected chi connectivity index (χ1v) is 7.49. The molecule has 1 aliphatic heterocycles. The maximum Gasteiger partial charge on any atom is 0.325 e. The average Bonchev–Trinajstić information content (AvgIpc) is 3.05. The lowest BCUT2D eigenvalue weighted by molar-refractivity contribution is -0.131. The van der Waals surface area contributed by atoms with E-state index in [0.29, 0.717) is 24.3 Å². The Kier molecular flexibility index (Phi) is 4.09. The maximum atomic E-state index is 12.4. The van der Waals surface area contributed by atoms with Crippen molar-refractivity contribution >= 4 is 5.91 Å². The fraction of sp³-hybridized carbons (Fsp3) is 0.500. The van der Waals surface area contributed by atoms with Gasteiger partial charge in [0.2, 0.25) is 5.91 Å². The Hall–Kier alpha value is -2.71. The quantitative estimate of drug-likeness (QED) is 0.699. The smallest absolute Gasteiger partial charge is 0.325 e. The predicted octanol–water partition coefficient (Wildman–Crippen LogP) is -0.562. The largest absolute Gasteiger partial charge is 0.342 e. The van der Waals surface area contributed by atoms with Crippen molar-refractivity contribution in [3.8, 4) is 0 Å². The molecule has 9 heteroatoms. The molecule has 0 bridgehead atoms. The molecule has 1 saturated heterocycles. The van der Waals surface area contributed by atoms with E-state index in [2.05, 4.69) is 25.1 Å². The number of carbonyl (C=O) groups excluding carboxylic acids is 1. The maximum absolute atomic E-state index is 12.4. The summed E-state index contributed by atoms with van der Waals surface area (Å²) in [5, 5.41) is 6.72. The number of H-pyrrole nitrogens is 3. The first-order chi connectivity index (χ1) is 11.0. The highest BCUT2D eigenvalue weighted by atomic mass is 16.2. The molecule has 0 saturated carbocycles. The van der Waals surface area contributed by atoms with Crippen LogP contribution >= 0.6 is 0 Å². The van der Waals surface area contributed by atoms with Crippen molar-refractivity contribution < 1.29 is 4.79 Å². The Labute approximate surface area is 131 Å². The molecule has 122 valence electrons. The van der Waals surface area contributed by atoms with Gasteiger partial charge in [-0.25, -0.2) is 9.78 Å². The van der Waals surface area contributed by atoms with Crippen molar-refractivity contribution in [3.05, 3.63) is 44.2 Å². The number of carbonyl (C=O) groups is 1. The van der Waals surface area contributed by atoms with Crippen molar-refractivity contribution in [2.24, 2.45) is 0 Å². The van der Waals surface area contributed by atoms with Gasteiger partial charge in [0.1, 0.15) is 12.2 Å². The summed E-state index contributed by atoms with van der Waals surface area (Å²) < 4.78 is 0. The van der Waals surface area contributed by atoms with Crippen LogP contribution in [0.1, 0.15) is 35.8 Å². The van der Waals surface area contributed by atoms with E-state index in [1.807, 2.05) is 0 Å². The minimum Gasteiger partial charge on any atom is -0.342 e. The molecular formula is C14H18N6O3. The SMILES string of the molecule is Cc1[nH]c(=O)[nH]c(=O)c1CC(=O)N1CCC(c2ncn[nH]2)CC1. The van der Waals surface area contributed by atoms with Crippen LogP contribution in [0.5, 0.6) is 0 Å². The predicted molar refractivity (Wildman–Crippen MR) is 81.1 cm³/mol. The van der Waals surface area contributed by atoms with Crippen molar-refractivity contribution in [3.63, 3.8) is 0 Å². The van der Waals surface area contributed by atoms with E-state index in [1.165, 1.54) is 6.33 Å². The fourth-order valence-electron chi connectivity index (χ4n) is 2.92. The molecule has 3 N–H and O–H groups in total. The summed E-state index contributed by atoms with van der Waals surface area (Å²) in [4.78, 5) is 46.0. The summed E-state index contributed by atoms with van der Waals surface area (Å²) in [5.41, 5.74) is -0.316. The molecule has 0 aromatic carbocycles. The zero-order chi connectivity index (χ0) is 16.4. The van der Waals surface area contributed by atoms with Crippen LogP contribution in [0, 0.1) is 6.92 Å². The minimum atomic E-state index is -0.559. The van der Waals surface area contributed by atoms with Crippen molar-refractivity contribution in [1.29, 1.82) is 0 Å². The van der Waals surface area contributed by atoms with Gasteiger partial charge in [-0.05, 0) is 19.8 Å². The van der Waals surface area contributed by atoms with E-state index in [-0.39, 0.29) is 18.2 Å². The number of aromatic nitrogens is 5. The van der Waals surface area contributed by atoms with Gasteiger partial charge in [0, 0.05) is 30.3 Å². The highest BCUT2D eigenvalue weighted by Crippen LogP contribution is 2.25. The fourth-order valence-corrected chi connectivity index (χ4v) is 2.92. The Bertz CT molecular complexity index is 799. The van der Waals surface area contributed by atoms with Gasteiger partial charge in [-0.2, -0.15) is 5.10 Å². The lowest BCUT2D eigenvalue weighted by atomic mass is 9.95. The van der Waals surface area contributed by atoms with Crippen LogP contribution in [0.25, 0.3) is 0 Å². The van der Waals surface area contributed by atoms with Crippen LogP contribution in [-0.2, 0) is 11.2 Å². The number of likely N-dealkylation sites (tertiary alicyclic amines) is 1. The van der Waals surface area contributed by atoms with Gasteiger partial charge in [0.15, 0.2) is 0 Å². The second kappa shape index (κ2) is 6.19. The van der Waals surface area contributed by atoms with Crippen LogP contribution < -0.4 is 11.2 Å². The number of nitrogens with zero attached hydrogens (tertiary/aromatic N) is 3.